The second-order valence-corrected chi connectivity index (χ2v) is 4.49. The summed E-state index contributed by atoms with van der Waals surface area (Å²) in [6, 6.07) is 0. The van der Waals surface area contributed by atoms with Gasteiger partial charge in [0, 0.05) is 0 Å². The lowest BCUT2D eigenvalue weighted by molar-refractivity contribution is -0.390. The first-order valence-electron chi connectivity index (χ1n) is 4.70. The lowest BCUT2D eigenvalue weighted by atomic mass is 10.1. The Bertz CT molecular complexity index is 456. The van der Waals surface area contributed by atoms with Crippen LogP contribution in [0.2, 0.25) is 0 Å². The van der Waals surface area contributed by atoms with Crippen LogP contribution in [-0.4, -0.2) is 20.6 Å². The van der Waals surface area contributed by atoms with Crippen LogP contribution in [0.15, 0.2) is 0 Å². The molecular formula is C9H14N4O3. The standard InChI is InChI=1S/C9H14N4O3/c1-5-6(7(10)14)8(13(15)16)11-12(5)9(2,3)4/h1-4H3,(H2,10,14). The SMILES string of the molecule is Cc1c(C(N)=O)c([N+](=O)[O-])nn1C(C)(C)C. The number of carbonyl (C=O) groups excluding carboxylic acids is 1. The Kier molecular flexibility index (Phi) is 2.72. The second kappa shape index (κ2) is 3.58. The molecule has 16 heavy (non-hydrogen) atoms. The van der Waals surface area contributed by atoms with Crippen molar-refractivity contribution < 1.29 is 9.72 Å². The van der Waals surface area contributed by atoms with Gasteiger partial charge >= 0.3 is 5.82 Å². The third-order valence-electron chi connectivity index (χ3n) is 2.15. The van der Waals surface area contributed by atoms with E-state index in [1.165, 1.54) is 4.68 Å². The van der Waals surface area contributed by atoms with Crippen LogP contribution in [0.1, 0.15) is 36.8 Å². The molecular weight excluding hydrogens is 212 g/mol. The Morgan fingerprint density at radius 1 is 1.50 bits per heavy atom. The number of aromatic nitrogens is 2. The van der Waals surface area contributed by atoms with Crippen LogP contribution >= 0.6 is 0 Å². The van der Waals surface area contributed by atoms with Gasteiger partial charge in [-0.15, -0.1) is 0 Å². The number of primary amides is 1. The van der Waals surface area contributed by atoms with Gasteiger partial charge in [0.05, 0.1) is 16.3 Å². The van der Waals surface area contributed by atoms with Gasteiger partial charge in [0.1, 0.15) is 0 Å². The van der Waals surface area contributed by atoms with E-state index < -0.39 is 22.2 Å². The van der Waals surface area contributed by atoms with Gasteiger partial charge in [-0.1, -0.05) is 0 Å². The van der Waals surface area contributed by atoms with Gasteiger partial charge in [-0.25, -0.2) is 0 Å². The third kappa shape index (κ3) is 1.88. The maximum absolute atomic E-state index is 11.2. The Hall–Kier alpha value is -1.92. The number of amides is 1. The van der Waals surface area contributed by atoms with E-state index in [9.17, 15) is 14.9 Å². The highest BCUT2D eigenvalue weighted by molar-refractivity contribution is 5.97. The molecule has 0 saturated heterocycles. The fourth-order valence-corrected chi connectivity index (χ4v) is 1.56. The van der Waals surface area contributed by atoms with Crippen LogP contribution in [0.5, 0.6) is 0 Å². The molecule has 0 spiro atoms. The number of rotatable bonds is 2. The fraction of sp³-hybridized carbons (Fsp3) is 0.556. The van der Waals surface area contributed by atoms with Gasteiger partial charge in [-0.2, -0.15) is 4.68 Å². The summed E-state index contributed by atoms with van der Waals surface area (Å²) >= 11 is 0. The van der Waals surface area contributed by atoms with E-state index in [4.69, 9.17) is 5.73 Å². The highest BCUT2D eigenvalue weighted by Gasteiger charge is 2.33. The quantitative estimate of drug-likeness (QED) is 0.598. The average molecular weight is 226 g/mol. The van der Waals surface area contributed by atoms with E-state index in [-0.39, 0.29) is 5.56 Å². The summed E-state index contributed by atoms with van der Waals surface area (Å²) in [7, 11) is 0. The topological polar surface area (TPSA) is 104 Å². The third-order valence-corrected chi connectivity index (χ3v) is 2.15. The molecule has 88 valence electrons. The molecule has 1 amide bonds. The van der Waals surface area contributed by atoms with Crippen LogP contribution in [0.25, 0.3) is 0 Å². The van der Waals surface area contributed by atoms with Gasteiger partial charge < -0.3 is 15.8 Å². The molecule has 1 rings (SSSR count). The van der Waals surface area contributed by atoms with Crippen molar-refractivity contribution in [2.24, 2.45) is 5.73 Å². The number of carbonyl (C=O) groups is 1. The molecule has 0 radical (unpaired) electrons. The van der Waals surface area contributed by atoms with E-state index >= 15 is 0 Å². The molecule has 0 saturated carbocycles. The molecule has 7 heteroatoms. The van der Waals surface area contributed by atoms with Crippen molar-refractivity contribution in [2.75, 3.05) is 0 Å². The summed E-state index contributed by atoms with van der Waals surface area (Å²) in [6.07, 6.45) is 0. The summed E-state index contributed by atoms with van der Waals surface area (Å²) in [4.78, 5) is 21.2. The molecule has 1 aromatic heterocycles. The van der Waals surface area contributed by atoms with Crippen LogP contribution < -0.4 is 5.73 Å². The van der Waals surface area contributed by atoms with Crippen molar-refractivity contribution in [3.8, 4) is 0 Å². The average Bonchev–Trinajstić information content (AvgIpc) is 2.41. The Morgan fingerprint density at radius 3 is 2.25 bits per heavy atom. The van der Waals surface area contributed by atoms with Crippen LogP contribution in [0.3, 0.4) is 0 Å². The molecule has 2 N–H and O–H groups in total. The van der Waals surface area contributed by atoms with Crippen molar-refractivity contribution in [1.82, 2.24) is 9.78 Å². The van der Waals surface area contributed by atoms with E-state index in [1.807, 2.05) is 20.8 Å². The zero-order valence-electron chi connectivity index (χ0n) is 9.64. The number of hydrogen-bond donors (Lipinski definition) is 1. The highest BCUT2D eigenvalue weighted by atomic mass is 16.6. The monoisotopic (exact) mass is 226 g/mol. The van der Waals surface area contributed by atoms with E-state index in [1.54, 1.807) is 6.92 Å². The molecule has 1 heterocycles. The Labute approximate surface area is 92.4 Å². The van der Waals surface area contributed by atoms with Gasteiger partial charge in [0.25, 0.3) is 5.91 Å². The summed E-state index contributed by atoms with van der Waals surface area (Å²) in [5.41, 5.74) is 4.96. The molecule has 1 aromatic rings. The smallest absolute Gasteiger partial charge is 0.365 e. The molecule has 0 unspecified atom stereocenters. The maximum Gasteiger partial charge on any atom is 0.403 e. The fourth-order valence-electron chi connectivity index (χ4n) is 1.56. The first-order chi connectivity index (χ1) is 7.16. The molecule has 0 aliphatic carbocycles. The van der Waals surface area contributed by atoms with Crippen LogP contribution in [0, 0.1) is 17.0 Å². The lowest BCUT2D eigenvalue weighted by Gasteiger charge is -2.16. The normalized spacial score (nSPS) is 11.5. The first kappa shape index (κ1) is 12.2. The molecule has 0 bridgehead atoms. The number of nitrogens with zero attached hydrogens (tertiary/aromatic N) is 3. The summed E-state index contributed by atoms with van der Waals surface area (Å²) in [6.45, 7) is 7.09. The largest absolute Gasteiger partial charge is 0.403 e. The Balaban J connectivity index is 3.54. The highest BCUT2D eigenvalue weighted by Crippen LogP contribution is 2.25. The molecule has 7 nitrogen and oxygen atoms in total. The van der Waals surface area contributed by atoms with Crippen molar-refractivity contribution in [3.05, 3.63) is 21.4 Å². The van der Waals surface area contributed by atoms with Crippen molar-refractivity contribution in [3.63, 3.8) is 0 Å². The molecule has 0 aliphatic rings. The van der Waals surface area contributed by atoms with Gasteiger partial charge in [-0.3, -0.25) is 4.79 Å². The summed E-state index contributed by atoms with van der Waals surface area (Å²) < 4.78 is 1.44. The second-order valence-electron chi connectivity index (χ2n) is 4.49. The molecule has 0 aromatic carbocycles. The molecule has 0 atom stereocenters. The number of nitrogens with two attached hydrogens (primary N) is 1. The van der Waals surface area contributed by atoms with E-state index in [2.05, 4.69) is 5.10 Å². The maximum atomic E-state index is 11.2. The minimum atomic E-state index is -0.834. The number of hydrogen-bond acceptors (Lipinski definition) is 4. The van der Waals surface area contributed by atoms with Crippen LogP contribution in [-0.2, 0) is 5.54 Å². The zero-order valence-corrected chi connectivity index (χ0v) is 9.64. The summed E-state index contributed by atoms with van der Waals surface area (Å²) in [5.74, 6) is -1.32. The lowest BCUT2D eigenvalue weighted by Crippen LogP contribution is -2.25. The summed E-state index contributed by atoms with van der Waals surface area (Å²) in [5, 5.41) is 14.6. The minimum absolute atomic E-state index is 0.125. The van der Waals surface area contributed by atoms with Crippen LogP contribution in [0.4, 0.5) is 5.82 Å². The van der Waals surface area contributed by atoms with Crippen molar-refractivity contribution in [2.45, 2.75) is 33.2 Å². The van der Waals surface area contributed by atoms with E-state index in [0.717, 1.165) is 0 Å². The van der Waals surface area contributed by atoms with Crippen molar-refractivity contribution >= 4 is 11.7 Å². The predicted octanol–water partition coefficient (Wildman–Crippen LogP) is 0.954. The molecule has 0 fully saturated rings. The minimum Gasteiger partial charge on any atom is -0.365 e. The van der Waals surface area contributed by atoms with Gasteiger partial charge in [0.2, 0.25) is 0 Å². The van der Waals surface area contributed by atoms with Gasteiger partial charge in [-0.05, 0) is 32.6 Å². The van der Waals surface area contributed by atoms with Gasteiger partial charge in [0.15, 0.2) is 5.56 Å². The first-order valence-corrected chi connectivity index (χ1v) is 4.70. The van der Waals surface area contributed by atoms with Crippen molar-refractivity contribution in [1.29, 1.82) is 0 Å². The van der Waals surface area contributed by atoms with E-state index in [0.29, 0.717) is 5.69 Å². The Morgan fingerprint density at radius 2 is 2.00 bits per heavy atom. The number of nitro groups is 1. The molecule has 0 aliphatic heterocycles. The zero-order chi connectivity index (χ0) is 12.7. The predicted molar refractivity (Wildman–Crippen MR) is 57.1 cm³/mol.